The van der Waals surface area contributed by atoms with Gasteiger partial charge in [0.05, 0.1) is 19.1 Å². The van der Waals surface area contributed by atoms with Crippen LogP contribution in [0.25, 0.3) is 0 Å². The largest absolute Gasteiger partial charge is 0.464 e. The second-order valence-electron chi connectivity index (χ2n) is 7.09. The van der Waals surface area contributed by atoms with E-state index in [1.165, 1.54) is 0 Å². The molecule has 0 aliphatic carbocycles. The lowest BCUT2D eigenvalue weighted by atomic mass is 9.77. The summed E-state index contributed by atoms with van der Waals surface area (Å²) < 4.78 is 11.3. The maximum absolute atomic E-state index is 13.3. The van der Waals surface area contributed by atoms with Crippen molar-refractivity contribution in [2.24, 2.45) is 0 Å². The molecule has 2 aromatic carbocycles. The molecule has 0 aromatic heterocycles. The van der Waals surface area contributed by atoms with Crippen LogP contribution in [0.15, 0.2) is 59.1 Å². The highest BCUT2D eigenvalue weighted by Crippen LogP contribution is 2.47. The average molecular weight is 491 g/mol. The Morgan fingerprint density at radius 3 is 2.03 bits per heavy atom. The minimum absolute atomic E-state index is 0.00919. The predicted molar refractivity (Wildman–Crippen MR) is 116 cm³/mol. The molecule has 0 bridgehead atoms. The normalized spacial score (nSPS) is 22.0. The van der Waals surface area contributed by atoms with Gasteiger partial charge < -0.3 is 9.47 Å². The summed E-state index contributed by atoms with van der Waals surface area (Å²) in [5, 5.41) is 15.3. The van der Waals surface area contributed by atoms with Gasteiger partial charge in [-0.15, -0.1) is 0 Å². The molecule has 0 amide bonds. The van der Waals surface area contributed by atoms with Crippen LogP contribution in [0.3, 0.4) is 0 Å². The van der Waals surface area contributed by atoms with Crippen molar-refractivity contribution < 1.29 is 24.0 Å². The number of hydrogen-bond donors (Lipinski definition) is 1. The Bertz CT molecular complexity index is 932. The van der Waals surface area contributed by atoms with Gasteiger partial charge in [-0.05, 0) is 37.1 Å². The molecule has 1 N–H and O–H groups in total. The highest BCUT2D eigenvalue weighted by atomic mass is 79.9. The number of carbonyl (C=O) groups is 2. The molecule has 1 aliphatic rings. The summed E-state index contributed by atoms with van der Waals surface area (Å²) in [5.74, 6) is -2.93. The second-order valence-corrected chi connectivity index (χ2v) is 8.00. The van der Waals surface area contributed by atoms with Crippen LogP contribution in [0.1, 0.15) is 36.9 Å². The summed E-state index contributed by atoms with van der Waals surface area (Å²) in [4.78, 5) is 38.4. The highest BCUT2D eigenvalue weighted by molar-refractivity contribution is 9.10. The van der Waals surface area contributed by atoms with Gasteiger partial charge in [-0.1, -0.05) is 58.4 Å². The molecule has 1 heterocycles. The van der Waals surface area contributed by atoms with Crippen molar-refractivity contribution in [3.63, 3.8) is 0 Å². The average Bonchev–Trinajstić information content (AvgIpc) is 3.13. The van der Waals surface area contributed by atoms with E-state index in [-0.39, 0.29) is 13.2 Å². The zero-order valence-electron chi connectivity index (χ0n) is 17.1. The summed E-state index contributed by atoms with van der Waals surface area (Å²) in [6.45, 7) is 3.24. The summed E-state index contributed by atoms with van der Waals surface area (Å²) in [6, 6.07) is 13.2. The summed E-state index contributed by atoms with van der Waals surface area (Å²) in [5.41, 5.74) is -1.03. The minimum atomic E-state index is -2.07. The maximum atomic E-state index is 13.3. The van der Waals surface area contributed by atoms with Crippen LogP contribution in [-0.2, 0) is 19.1 Å². The lowest BCUT2D eigenvalue weighted by Gasteiger charge is -2.30. The smallest absolute Gasteiger partial charge is 0.339 e. The van der Waals surface area contributed by atoms with E-state index in [0.29, 0.717) is 11.1 Å². The van der Waals surface area contributed by atoms with Crippen LogP contribution in [0.4, 0.5) is 0 Å². The fourth-order valence-electron chi connectivity index (χ4n) is 4.12. The second kappa shape index (κ2) is 9.57. The number of nitro groups is 1. The molecular formula is C22H23BrN2O6. The molecule has 0 radical (unpaired) electrons. The van der Waals surface area contributed by atoms with Crippen LogP contribution in [0.5, 0.6) is 0 Å². The summed E-state index contributed by atoms with van der Waals surface area (Å²) >= 11 is 3.35. The first-order valence-electron chi connectivity index (χ1n) is 9.92. The van der Waals surface area contributed by atoms with Crippen LogP contribution >= 0.6 is 15.9 Å². The number of ether oxygens (including phenoxy) is 2. The van der Waals surface area contributed by atoms with E-state index in [0.717, 1.165) is 4.47 Å². The number of rotatable bonds is 7. The fourth-order valence-corrected chi connectivity index (χ4v) is 4.38. The van der Waals surface area contributed by atoms with Gasteiger partial charge in [0.15, 0.2) is 0 Å². The number of halogens is 1. The van der Waals surface area contributed by atoms with E-state index in [9.17, 15) is 19.7 Å². The topological polar surface area (TPSA) is 108 Å². The quantitative estimate of drug-likeness (QED) is 0.274. The minimum Gasteiger partial charge on any atom is -0.464 e. The molecule has 0 spiro atoms. The Morgan fingerprint density at radius 2 is 1.55 bits per heavy atom. The van der Waals surface area contributed by atoms with E-state index in [4.69, 9.17) is 9.47 Å². The van der Waals surface area contributed by atoms with Crippen LogP contribution < -0.4 is 5.32 Å². The fraction of sp³-hybridized carbons (Fsp3) is 0.364. The van der Waals surface area contributed by atoms with Gasteiger partial charge >= 0.3 is 11.9 Å². The van der Waals surface area contributed by atoms with Crippen molar-refractivity contribution in [2.75, 3.05) is 13.2 Å². The van der Waals surface area contributed by atoms with Gasteiger partial charge in [0.25, 0.3) is 0 Å². The van der Waals surface area contributed by atoms with E-state index in [1.54, 1.807) is 68.4 Å². The number of nitrogens with zero attached hydrogens (tertiary/aromatic N) is 1. The number of esters is 2. The first kappa shape index (κ1) is 22.9. The Kier molecular flexibility index (Phi) is 7.07. The molecule has 2 aromatic rings. The van der Waals surface area contributed by atoms with Gasteiger partial charge in [0.1, 0.15) is 6.04 Å². The van der Waals surface area contributed by atoms with Crippen LogP contribution in [0, 0.1) is 10.1 Å². The molecule has 8 nitrogen and oxygen atoms in total. The Labute approximate surface area is 188 Å². The molecule has 31 heavy (non-hydrogen) atoms. The third-order valence-corrected chi connectivity index (χ3v) is 5.89. The zero-order chi connectivity index (χ0) is 22.6. The Hall–Kier alpha value is -2.78. The van der Waals surface area contributed by atoms with Gasteiger partial charge in [-0.25, -0.2) is 9.59 Å². The Balaban J connectivity index is 2.26. The first-order chi connectivity index (χ1) is 14.9. The molecule has 1 fully saturated rings. The Morgan fingerprint density at radius 1 is 1.00 bits per heavy atom. The number of hydrogen-bond acceptors (Lipinski definition) is 7. The number of carbonyl (C=O) groups excluding carboxylic acids is 2. The predicted octanol–water partition coefficient (Wildman–Crippen LogP) is 3.39. The zero-order valence-corrected chi connectivity index (χ0v) is 18.7. The van der Waals surface area contributed by atoms with Crippen molar-refractivity contribution >= 4 is 27.9 Å². The van der Waals surface area contributed by atoms with Crippen molar-refractivity contribution in [2.45, 2.75) is 37.4 Å². The SMILES string of the molecule is CCOC(=O)C1(C(=O)OCC)N[C@H](c2ccc(Br)cc2)[C@@H]([N+](=O)[O-])[C@@H]1c1ccccc1. The van der Waals surface area contributed by atoms with Gasteiger partial charge in [0, 0.05) is 9.40 Å². The molecule has 1 saturated heterocycles. The van der Waals surface area contributed by atoms with Crippen molar-refractivity contribution in [1.82, 2.24) is 5.32 Å². The highest BCUT2D eigenvalue weighted by Gasteiger charge is 2.69. The van der Waals surface area contributed by atoms with Crippen LogP contribution in [-0.4, -0.2) is 41.7 Å². The van der Waals surface area contributed by atoms with Crippen molar-refractivity contribution in [3.8, 4) is 0 Å². The lowest BCUT2D eigenvalue weighted by molar-refractivity contribution is -0.527. The number of nitrogens with one attached hydrogen (secondary N) is 1. The van der Waals surface area contributed by atoms with Crippen molar-refractivity contribution in [3.05, 3.63) is 80.3 Å². The van der Waals surface area contributed by atoms with Gasteiger partial charge in [-0.2, -0.15) is 0 Å². The molecule has 3 rings (SSSR count). The molecule has 0 unspecified atom stereocenters. The molecular weight excluding hydrogens is 468 g/mol. The van der Waals surface area contributed by atoms with E-state index < -0.39 is 40.4 Å². The van der Waals surface area contributed by atoms with Crippen LogP contribution in [0.2, 0.25) is 0 Å². The molecule has 164 valence electrons. The third kappa shape index (κ3) is 4.20. The standard InChI is InChI=1S/C22H23BrN2O6/c1-3-30-20(26)22(21(27)31-4-2)17(14-8-6-5-7-9-14)19(25(28)29)18(24-22)15-10-12-16(23)13-11-15/h5-13,17-19,24H,3-4H2,1-2H3/t17-,18+,19-/m0/s1. The summed E-state index contributed by atoms with van der Waals surface area (Å²) in [6.07, 6.45) is 0. The molecule has 3 atom stereocenters. The van der Waals surface area contributed by atoms with E-state index >= 15 is 0 Å². The monoisotopic (exact) mass is 490 g/mol. The van der Waals surface area contributed by atoms with E-state index in [1.807, 2.05) is 0 Å². The maximum Gasteiger partial charge on any atom is 0.339 e. The van der Waals surface area contributed by atoms with Crippen molar-refractivity contribution in [1.29, 1.82) is 0 Å². The third-order valence-electron chi connectivity index (χ3n) is 5.36. The molecule has 1 aliphatic heterocycles. The molecule has 9 heteroatoms. The first-order valence-corrected chi connectivity index (χ1v) is 10.7. The van der Waals surface area contributed by atoms with E-state index in [2.05, 4.69) is 21.2 Å². The van der Waals surface area contributed by atoms with Gasteiger partial charge in [0.2, 0.25) is 11.6 Å². The van der Waals surface area contributed by atoms with Gasteiger partial charge in [-0.3, -0.25) is 15.4 Å². The lowest BCUT2D eigenvalue weighted by Crippen LogP contribution is -2.60. The molecule has 0 saturated carbocycles. The number of benzene rings is 2. The summed E-state index contributed by atoms with van der Waals surface area (Å²) in [7, 11) is 0.